The molecular formula is C18H17NO2. The lowest BCUT2D eigenvalue weighted by atomic mass is 10.1. The Balaban J connectivity index is 2.22. The topological polar surface area (TPSA) is 46.2 Å². The van der Waals surface area contributed by atoms with Crippen molar-refractivity contribution in [3.05, 3.63) is 77.4 Å². The molecule has 1 aromatic carbocycles. The summed E-state index contributed by atoms with van der Waals surface area (Å²) in [5, 5.41) is 2.79. The maximum absolute atomic E-state index is 12.1. The molecule has 0 saturated heterocycles. The van der Waals surface area contributed by atoms with E-state index in [4.69, 9.17) is 0 Å². The molecule has 1 N–H and O–H groups in total. The molecule has 0 bridgehead atoms. The van der Waals surface area contributed by atoms with E-state index in [1.54, 1.807) is 25.1 Å². The van der Waals surface area contributed by atoms with Crippen LogP contribution in [-0.4, -0.2) is 11.7 Å². The second-order valence-corrected chi connectivity index (χ2v) is 4.74. The average Bonchev–Trinajstić information content (AvgIpc) is 2.73. The Labute approximate surface area is 124 Å². The molecule has 3 nitrogen and oxygen atoms in total. The zero-order valence-electron chi connectivity index (χ0n) is 12.1. The van der Waals surface area contributed by atoms with Gasteiger partial charge in [0.2, 0.25) is 0 Å². The van der Waals surface area contributed by atoms with Crippen LogP contribution in [0.3, 0.4) is 0 Å². The van der Waals surface area contributed by atoms with E-state index in [2.05, 4.69) is 11.9 Å². The molecule has 0 fully saturated rings. The second kappa shape index (κ2) is 6.18. The Kier molecular flexibility index (Phi) is 4.33. The standard InChI is InChI=1S/C18H17NO2/c1-4-5-6-9-12(2)18(21)19-16-13(3)17(20)15-11-8-7-10-14(15)16/h4-11H,2H2,1,3H3,(H,19,21)/b5-4-,9-6-. The van der Waals surface area contributed by atoms with Gasteiger partial charge in [-0.3, -0.25) is 9.59 Å². The van der Waals surface area contributed by atoms with Crippen LogP contribution in [0.25, 0.3) is 5.70 Å². The fraction of sp³-hybridized carbons (Fsp3) is 0.111. The van der Waals surface area contributed by atoms with Gasteiger partial charge in [0.25, 0.3) is 5.91 Å². The van der Waals surface area contributed by atoms with Crippen LogP contribution in [0.2, 0.25) is 0 Å². The molecule has 0 saturated carbocycles. The van der Waals surface area contributed by atoms with E-state index in [-0.39, 0.29) is 11.7 Å². The van der Waals surface area contributed by atoms with E-state index < -0.39 is 0 Å². The normalized spacial score (nSPS) is 14.1. The lowest BCUT2D eigenvalue weighted by molar-refractivity contribution is -0.116. The van der Waals surface area contributed by atoms with E-state index >= 15 is 0 Å². The fourth-order valence-corrected chi connectivity index (χ4v) is 2.13. The first kappa shape index (κ1) is 14.7. The van der Waals surface area contributed by atoms with Crippen LogP contribution >= 0.6 is 0 Å². The predicted octanol–water partition coefficient (Wildman–Crippen LogP) is 3.42. The minimum Gasteiger partial charge on any atom is -0.321 e. The molecule has 1 aliphatic carbocycles. The molecule has 0 aliphatic heterocycles. The van der Waals surface area contributed by atoms with Crippen molar-refractivity contribution in [2.75, 3.05) is 0 Å². The maximum atomic E-state index is 12.1. The van der Waals surface area contributed by atoms with Crippen molar-refractivity contribution >= 4 is 17.4 Å². The van der Waals surface area contributed by atoms with Crippen LogP contribution in [0.15, 0.2) is 66.3 Å². The zero-order valence-corrected chi connectivity index (χ0v) is 12.1. The van der Waals surface area contributed by atoms with Crippen molar-refractivity contribution in [1.29, 1.82) is 0 Å². The molecule has 0 atom stereocenters. The van der Waals surface area contributed by atoms with Crippen molar-refractivity contribution in [3.63, 3.8) is 0 Å². The minimum atomic E-state index is -0.311. The van der Waals surface area contributed by atoms with E-state index in [1.165, 1.54) is 0 Å². The highest BCUT2D eigenvalue weighted by atomic mass is 16.2. The maximum Gasteiger partial charge on any atom is 0.255 e. The van der Waals surface area contributed by atoms with Gasteiger partial charge in [-0.05, 0) is 13.8 Å². The SMILES string of the molecule is C=C(/C=C\C=C/C)C(=O)NC1=C(C)C(=O)c2ccccc21. The third kappa shape index (κ3) is 2.92. The highest BCUT2D eigenvalue weighted by Gasteiger charge is 2.27. The number of fused-ring (bicyclic) bond motifs is 1. The van der Waals surface area contributed by atoms with Crippen LogP contribution in [-0.2, 0) is 4.79 Å². The highest BCUT2D eigenvalue weighted by Crippen LogP contribution is 2.30. The number of carbonyl (C=O) groups is 2. The number of benzene rings is 1. The van der Waals surface area contributed by atoms with Crippen LogP contribution in [0, 0.1) is 0 Å². The monoisotopic (exact) mass is 279 g/mol. The van der Waals surface area contributed by atoms with Crippen molar-refractivity contribution < 1.29 is 9.59 Å². The Bertz CT molecular complexity index is 706. The fourth-order valence-electron chi connectivity index (χ4n) is 2.13. The summed E-state index contributed by atoms with van der Waals surface area (Å²) in [6, 6.07) is 7.25. The first-order chi connectivity index (χ1) is 10.1. The number of amides is 1. The second-order valence-electron chi connectivity index (χ2n) is 4.74. The Hall–Kier alpha value is -2.68. The summed E-state index contributed by atoms with van der Waals surface area (Å²) >= 11 is 0. The zero-order chi connectivity index (χ0) is 15.4. The number of ketones is 1. The third-order valence-corrected chi connectivity index (χ3v) is 3.29. The summed E-state index contributed by atoms with van der Waals surface area (Å²) in [4.78, 5) is 24.2. The number of hydrogen-bond donors (Lipinski definition) is 1. The van der Waals surface area contributed by atoms with E-state index in [1.807, 2.05) is 37.3 Å². The molecule has 1 aliphatic rings. The summed E-state index contributed by atoms with van der Waals surface area (Å²) in [7, 11) is 0. The van der Waals surface area contributed by atoms with Crippen LogP contribution < -0.4 is 5.32 Å². The minimum absolute atomic E-state index is 0.0454. The Morgan fingerprint density at radius 3 is 2.52 bits per heavy atom. The number of rotatable bonds is 4. The number of Topliss-reactive ketones (excluding diaryl/α,β-unsaturated/α-hetero) is 1. The predicted molar refractivity (Wildman–Crippen MR) is 84.6 cm³/mol. The van der Waals surface area contributed by atoms with Crippen molar-refractivity contribution in [2.45, 2.75) is 13.8 Å². The molecule has 0 heterocycles. The van der Waals surface area contributed by atoms with Gasteiger partial charge in [-0.25, -0.2) is 0 Å². The van der Waals surface area contributed by atoms with E-state index in [0.717, 1.165) is 5.56 Å². The van der Waals surface area contributed by atoms with Gasteiger partial charge in [-0.2, -0.15) is 0 Å². The van der Waals surface area contributed by atoms with Gasteiger partial charge in [-0.1, -0.05) is 55.1 Å². The summed E-state index contributed by atoms with van der Waals surface area (Å²) in [5.74, 6) is -0.356. The van der Waals surface area contributed by atoms with Gasteiger partial charge in [0.15, 0.2) is 5.78 Å². The first-order valence-electron chi connectivity index (χ1n) is 6.71. The molecular weight excluding hydrogens is 262 g/mol. The van der Waals surface area contributed by atoms with Gasteiger partial charge in [0.1, 0.15) is 0 Å². The van der Waals surface area contributed by atoms with Gasteiger partial charge in [0, 0.05) is 22.3 Å². The summed E-state index contributed by atoms with van der Waals surface area (Å²) in [6.45, 7) is 7.34. The molecule has 0 spiro atoms. The quantitative estimate of drug-likeness (QED) is 0.678. The first-order valence-corrected chi connectivity index (χ1v) is 6.71. The summed E-state index contributed by atoms with van der Waals surface area (Å²) in [5.41, 5.74) is 2.85. The van der Waals surface area contributed by atoms with Crippen molar-refractivity contribution in [3.8, 4) is 0 Å². The Morgan fingerprint density at radius 1 is 1.19 bits per heavy atom. The van der Waals surface area contributed by atoms with Crippen LogP contribution in [0.5, 0.6) is 0 Å². The molecule has 3 heteroatoms. The average molecular weight is 279 g/mol. The molecule has 1 amide bonds. The number of nitrogens with one attached hydrogen (secondary N) is 1. The van der Waals surface area contributed by atoms with Gasteiger partial charge in [-0.15, -0.1) is 0 Å². The molecule has 21 heavy (non-hydrogen) atoms. The molecule has 2 rings (SSSR count). The number of carbonyl (C=O) groups excluding carboxylic acids is 2. The molecule has 0 unspecified atom stereocenters. The van der Waals surface area contributed by atoms with Gasteiger partial charge in [0.05, 0.1) is 5.70 Å². The van der Waals surface area contributed by atoms with Gasteiger partial charge >= 0.3 is 0 Å². The highest BCUT2D eigenvalue weighted by molar-refractivity contribution is 6.21. The van der Waals surface area contributed by atoms with Crippen molar-refractivity contribution in [1.82, 2.24) is 5.32 Å². The van der Waals surface area contributed by atoms with Crippen LogP contribution in [0.1, 0.15) is 29.8 Å². The van der Waals surface area contributed by atoms with Crippen molar-refractivity contribution in [2.24, 2.45) is 0 Å². The van der Waals surface area contributed by atoms with Gasteiger partial charge < -0.3 is 5.32 Å². The van der Waals surface area contributed by atoms with E-state index in [9.17, 15) is 9.59 Å². The molecule has 0 aromatic heterocycles. The number of allylic oxidation sites excluding steroid dienone is 4. The molecule has 106 valence electrons. The number of hydrogen-bond acceptors (Lipinski definition) is 2. The molecule has 0 radical (unpaired) electrons. The third-order valence-electron chi connectivity index (χ3n) is 3.29. The molecule has 1 aromatic rings. The lowest BCUT2D eigenvalue weighted by Gasteiger charge is -2.08. The van der Waals surface area contributed by atoms with E-state index in [0.29, 0.717) is 22.4 Å². The van der Waals surface area contributed by atoms with Crippen LogP contribution in [0.4, 0.5) is 0 Å². The summed E-state index contributed by atoms with van der Waals surface area (Å²) in [6.07, 6.45) is 7.06. The summed E-state index contributed by atoms with van der Waals surface area (Å²) < 4.78 is 0. The lowest BCUT2D eigenvalue weighted by Crippen LogP contribution is -2.22. The largest absolute Gasteiger partial charge is 0.321 e. The Morgan fingerprint density at radius 2 is 1.86 bits per heavy atom. The smallest absolute Gasteiger partial charge is 0.255 e.